The van der Waals surface area contributed by atoms with E-state index in [0.717, 1.165) is 10.5 Å². The van der Waals surface area contributed by atoms with E-state index in [0.29, 0.717) is 5.56 Å². The number of amides is 1. The molecule has 0 saturated carbocycles. The van der Waals surface area contributed by atoms with Gasteiger partial charge in [0.1, 0.15) is 0 Å². The maximum absolute atomic E-state index is 13.6. The van der Waals surface area contributed by atoms with Gasteiger partial charge in [0.2, 0.25) is 5.79 Å². The first-order chi connectivity index (χ1) is 20.4. The van der Waals surface area contributed by atoms with E-state index in [1.54, 1.807) is 24.3 Å². The Bertz CT molecular complexity index is 1600. The molecule has 1 amide bonds. The van der Waals surface area contributed by atoms with Gasteiger partial charge < -0.3 is 40.7 Å². The number of carbonyl (C=O) groups excluding carboxylic acids is 2. The highest BCUT2D eigenvalue weighted by atomic mass is 19.4. The van der Waals surface area contributed by atoms with Crippen molar-refractivity contribution in [1.82, 2.24) is 25.8 Å². The second-order valence-corrected chi connectivity index (χ2v) is 10.8. The zero-order valence-electron chi connectivity index (χ0n) is 22.2. The summed E-state index contributed by atoms with van der Waals surface area (Å²) in [5.74, 6) is -6.40. The minimum atomic E-state index is -5.26. The third kappa shape index (κ3) is 4.30. The van der Waals surface area contributed by atoms with E-state index < -0.39 is 83.1 Å². The van der Waals surface area contributed by atoms with Crippen LogP contribution in [0.2, 0.25) is 0 Å². The first-order valence-corrected chi connectivity index (χ1v) is 13.0. The molecule has 4 aliphatic rings. The van der Waals surface area contributed by atoms with E-state index >= 15 is 0 Å². The number of benzene rings is 2. The van der Waals surface area contributed by atoms with Gasteiger partial charge in [-0.2, -0.15) is 26.3 Å². The van der Waals surface area contributed by atoms with E-state index in [4.69, 9.17) is 15.6 Å². The summed E-state index contributed by atoms with van der Waals surface area (Å²) in [6, 6.07) is 4.85. The molecule has 6 rings (SSSR count). The highest BCUT2D eigenvalue weighted by Crippen LogP contribution is 2.45. The number of nitrogens with one attached hydrogen (secondary N) is 5. The Kier molecular flexibility index (Phi) is 6.34. The summed E-state index contributed by atoms with van der Waals surface area (Å²) in [5.41, 5.74) is -5.84. The Labute approximate surface area is 243 Å². The summed E-state index contributed by atoms with van der Waals surface area (Å²) >= 11 is 0. The quantitative estimate of drug-likeness (QED) is 0.148. The van der Waals surface area contributed by atoms with E-state index in [1.165, 1.54) is 4.90 Å². The molecule has 2 aromatic carbocycles. The van der Waals surface area contributed by atoms with Crippen molar-refractivity contribution in [3.8, 4) is 0 Å². The highest BCUT2D eigenvalue weighted by Gasteiger charge is 2.75. The van der Waals surface area contributed by atoms with Crippen molar-refractivity contribution in [1.29, 1.82) is 10.8 Å². The van der Waals surface area contributed by atoms with Crippen LogP contribution in [0.3, 0.4) is 0 Å². The summed E-state index contributed by atoms with van der Waals surface area (Å²) < 4.78 is 85.8. The molecular weight excluding hydrogens is 604 g/mol. The highest BCUT2D eigenvalue weighted by molar-refractivity contribution is 5.98. The van der Waals surface area contributed by atoms with Crippen LogP contribution in [0.4, 0.5) is 26.3 Å². The third-order valence-corrected chi connectivity index (χ3v) is 8.28. The van der Waals surface area contributed by atoms with Crippen molar-refractivity contribution < 1.29 is 50.9 Å². The Morgan fingerprint density at radius 1 is 1.05 bits per heavy atom. The monoisotopic (exact) mass is 627 g/mol. The SMILES string of the molecule is N=C1N[C@H]2C(CN3Cc4ccccc4C3=O)NC(=N)N3CC(OC(=O)c4cc(C(F)(F)F)ccc4C(F)(F)F)C(O)(O)[C@]23N1. The lowest BCUT2D eigenvalue weighted by atomic mass is 9.85. The van der Waals surface area contributed by atoms with Crippen molar-refractivity contribution in [2.75, 3.05) is 13.1 Å². The summed E-state index contributed by atoms with van der Waals surface area (Å²) in [4.78, 5) is 28.4. The first-order valence-electron chi connectivity index (χ1n) is 13.0. The molecule has 0 bridgehead atoms. The predicted octanol–water partition coefficient (Wildman–Crippen LogP) is 1.00. The van der Waals surface area contributed by atoms with Crippen LogP contribution in [0.15, 0.2) is 42.5 Å². The minimum absolute atomic E-state index is 0.0409. The van der Waals surface area contributed by atoms with E-state index in [-0.39, 0.29) is 37.2 Å². The number of carbonyl (C=O) groups is 2. The summed E-state index contributed by atoms with van der Waals surface area (Å²) in [6.45, 7) is -0.612. The van der Waals surface area contributed by atoms with Crippen molar-refractivity contribution in [3.05, 3.63) is 70.3 Å². The normalized spacial score (nSPS) is 27.3. The van der Waals surface area contributed by atoms with Gasteiger partial charge in [-0.1, -0.05) is 18.2 Å². The Morgan fingerprint density at radius 3 is 2.41 bits per heavy atom. The second kappa shape index (κ2) is 9.46. The standard InChI is InChI=1S/C26H23F6N7O5/c27-25(28,29)12-5-6-15(26(30,31)32)14(7-12)20(41)44-17-10-39-22(34)35-16(18-23(39,24(17,42)43)37-21(33)36-18)9-38-8-11-3-1-2-4-13(11)19(38)40/h1-7,16-18,42-43H,8-10H2,(H2,34,35)(H3,33,36,37)/t16?,17?,18-,23-/m0/s1. The van der Waals surface area contributed by atoms with Gasteiger partial charge in [0.15, 0.2) is 23.7 Å². The van der Waals surface area contributed by atoms with Crippen LogP contribution in [0, 0.1) is 10.8 Å². The van der Waals surface area contributed by atoms with E-state index in [2.05, 4.69) is 16.0 Å². The molecule has 234 valence electrons. The Hall–Kier alpha value is -4.58. The fraction of sp³-hybridized carbons (Fsp3) is 0.385. The van der Waals surface area contributed by atoms with Gasteiger partial charge in [-0.25, -0.2) is 4.79 Å². The second-order valence-electron chi connectivity index (χ2n) is 10.8. The number of esters is 1. The lowest BCUT2D eigenvalue weighted by molar-refractivity contribution is -0.258. The molecule has 18 heteroatoms. The molecule has 2 unspecified atom stereocenters. The largest absolute Gasteiger partial charge is 0.451 e. The molecule has 2 aromatic rings. The molecule has 4 atom stereocenters. The fourth-order valence-electron chi connectivity index (χ4n) is 6.30. The maximum Gasteiger partial charge on any atom is 0.417 e. The maximum atomic E-state index is 13.6. The van der Waals surface area contributed by atoms with Gasteiger partial charge in [-0.15, -0.1) is 0 Å². The summed E-state index contributed by atoms with van der Waals surface area (Å²) in [5, 5.41) is 47.7. The van der Waals surface area contributed by atoms with Crippen molar-refractivity contribution in [3.63, 3.8) is 0 Å². The molecule has 12 nitrogen and oxygen atoms in total. The van der Waals surface area contributed by atoms with Crippen LogP contribution in [-0.4, -0.2) is 86.5 Å². The minimum Gasteiger partial charge on any atom is -0.451 e. The molecular formula is C26H23F6N7O5. The van der Waals surface area contributed by atoms with Gasteiger partial charge >= 0.3 is 18.3 Å². The van der Waals surface area contributed by atoms with Crippen molar-refractivity contribution in [2.24, 2.45) is 0 Å². The van der Waals surface area contributed by atoms with Crippen LogP contribution in [-0.2, 0) is 23.6 Å². The van der Waals surface area contributed by atoms with Gasteiger partial charge in [0.05, 0.1) is 35.3 Å². The molecule has 44 heavy (non-hydrogen) atoms. The Balaban J connectivity index is 1.31. The molecule has 0 radical (unpaired) electrons. The van der Waals surface area contributed by atoms with Crippen LogP contribution in [0.5, 0.6) is 0 Å². The fourth-order valence-corrected chi connectivity index (χ4v) is 6.30. The lowest BCUT2D eigenvalue weighted by Crippen LogP contribution is -2.81. The number of hydrogen-bond acceptors (Lipinski definition) is 7. The lowest BCUT2D eigenvalue weighted by Gasteiger charge is -2.51. The first kappa shape index (κ1) is 29.5. The van der Waals surface area contributed by atoms with Crippen LogP contribution >= 0.6 is 0 Å². The molecule has 1 spiro atoms. The van der Waals surface area contributed by atoms with Gasteiger partial charge in [-0.3, -0.25) is 15.6 Å². The number of hydrogen-bond donors (Lipinski definition) is 7. The number of aliphatic hydroxyl groups is 2. The van der Waals surface area contributed by atoms with Gasteiger partial charge in [-0.05, 0) is 29.8 Å². The smallest absolute Gasteiger partial charge is 0.417 e. The van der Waals surface area contributed by atoms with Gasteiger partial charge in [0.25, 0.3) is 5.91 Å². The number of guanidine groups is 2. The summed E-state index contributed by atoms with van der Waals surface area (Å²) in [6.07, 6.45) is -12.5. The van der Waals surface area contributed by atoms with Gasteiger partial charge in [0, 0.05) is 18.7 Å². The average Bonchev–Trinajstić information content (AvgIpc) is 3.53. The van der Waals surface area contributed by atoms with Crippen LogP contribution < -0.4 is 16.0 Å². The van der Waals surface area contributed by atoms with Crippen molar-refractivity contribution >= 4 is 23.8 Å². The zero-order chi connectivity index (χ0) is 32.0. The molecule has 0 aromatic heterocycles. The molecule has 7 N–H and O–H groups in total. The number of halogens is 6. The molecule has 3 fully saturated rings. The number of rotatable bonds is 4. The molecule has 0 aliphatic carbocycles. The summed E-state index contributed by atoms with van der Waals surface area (Å²) in [7, 11) is 0. The van der Waals surface area contributed by atoms with E-state index in [9.17, 15) is 46.1 Å². The average molecular weight is 628 g/mol. The van der Waals surface area contributed by atoms with E-state index in [1.807, 2.05) is 0 Å². The zero-order valence-corrected chi connectivity index (χ0v) is 22.2. The van der Waals surface area contributed by atoms with Crippen molar-refractivity contribution in [2.45, 2.75) is 48.5 Å². The topological polar surface area (TPSA) is 174 Å². The number of ether oxygens (including phenoxy) is 1. The number of nitrogens with zero attached hydrogens (tertiary/aromatic N) is 2. The van der Waals surface area contributed by atoms with Crippen LogP contribution in [0.1, 0.15) is 37.4 Å². The molecule has 3 saturated heterocycles. The molecule has 4 heterocycles. The number of alkyl halides is 6. The predicted molar refractivity (Wildman–Crippen MR) is 136 cm³/mol. The Morgan fingerprint density at radius 2 is 1.75 bits per heavy atom. The third-order valence-electron chi connectivity index (χ3n) is 8.28. The van der Waals surface area contributed by atoms with Crippen LogP contribution in [0.25, 0.3) is 0 Å². The molecule has 4 aliphatic heterocycles. The number of fused-ring (bicyclic) bond motifs is 1.